The van der Waals surface area contributed by atoms with E-state index in [0.29, 0.717) is 12.0 Å². The highest BCUT2D eigenvalue weighted by Gasteiger charge is 2.15. The molecule has 1 N–H and O–H groups in total. The lowest BCUT2D eigenvalue weighted by molar-refractivity contribution is -0.132. The molecule has 2 heteroatoms. The number of hydrogen-bond acceptors (Lipinski definition) is 1. The van der Waals surface area contributed by atoms with E-state index >= 15 is 0 Å². The molecular formula is C8H10O2. The summed E-state index contributed by atoms with van der Waals surface area (Å²) < 4.78 is 0. The Morgan fingerprint density at radius 2 is 2.20 bits per heavy atom. The summed E-state index contributed by atoms with van der Waals surface area (Å²) >= 11 is 0. The molecule has 0 saturated heterocycles. The van der Waals surface area contributed by atoms with E-state index < -0.39 is 5.97 Å². The van der Waals surface area contributed by atoms with Gasteiger partial charge in [0, 0.05) is 12.0 Å². The van der Waals surface area contributed by atoms with Crippen LogP contribution in [0.1, 0.15) is 20.3 Å². The summed E-state index contributed by atoms with van der Waals surface area (Å²) in [6.07, 6.45) is 2.53. The molecule has 0 atom stereocenters. The van der Waals surface area contributed by atoms with Crippen LogP contribution in [0.3, 0.4) is 0 Å². The van der Waals surface area contributed by atoms with Crippen molar-refractivity contribution in [1.29, 1.82) is 0 Å². The van der Waals surface area contributed by atoms with Crippen LogP contribution in [0.4, 0.5) is 0 Å². The summed E-state index contributed by atoms with van der Waals surface area (Å²) in [5, 5.41) is 8.61. The molecule has 0 aromatic rings. The van der Waals surface area contributed by atoms with E-state index in [1.54, 1.807) is 0 Å². The van der Waals surface area contributed by atoms with Crippen molar-refractivity contribution >= 4 is 5.97 Å². The number of hydrogen-bond donors (Lipinski definition) is 1. The second-order valence-corrected chi connectivity index (χ2v) is 2.63. The molecule has 0 spiro atoms. The fraction of sp³-hybridized carbons (Fsp3) is 0.375. The van der Waals surface area contributed by atoms with Gasteiger partial charge in [0.1, 0.15) is 0 Å². The molecule has 0 bridgehead atoms. The Morgan fingerprint density at radius 3 is 2.40 bits per heavy atom. The van der Waals surface area contributed by atoms with Gasteiger partial charge in [-0.3, -0.25) is 0 Å². The molecule has 0 unspecified atom stereocenters. The Bertz CT molecular complexity index is 234. The molecule has 1 aliphatic rings. The van der Waals surface area contributed by atoms with E-state index in [1.807, 2.05) is 19.9 Å². The van der Waals surface area contributed by atoms with E-state index in [9.17, 15) is 4.79 Å². The third-order valence-corrected chi connectivity index (χ3v) is 1.65. The van der Waals surface area contributed by atoms with Gasteiger partial charge in [0.2, 0.25) is 0 Å². The van der Waals surface area contributed by atoms with E-state index in [0.717, 1.165) is 11.1 Å². The van der Waals surface area contributed by atoms with Crippen molar-refractivity contribution in [3.05, 3.63) is 22.8 Å². The zero-order valence-corrected chi connectivity index (χ0v) is 6.14. The molecule has 0 saturated carbocycles. The van der Waals surface area contributed by atoms with Crippen molar-refractivity contribution in [2.75, 3.05) is 0 Å². The second kappa shape index (κ2) is 2.29. The van der Waals surface area contributed by atoms with Crippen molar-refractivity contribution in [3.63, 3.8) is 0 Å². The zero-order valence-electron chi connectivity index (χ0n) is 6.14. The maximum atomic E-state index is 10.5. The molecule has 0 aromatic carbocycles. The van der Waals surface area contributed by atoms with Crippen molar-refractivity contribution in [2.45, 2.75) is 20.3 Å². The number of carbonyl (C=O) groups is 1. The summed E-state index contributed by atoms with van der Waals surface area (Å²) in [4.78, 5) is 10.5. The number of aliphatic carboxylic acids is 1. The predicted molar refractivity (Wildman–Crippen MR) is 38.7 cm³/mol. The monoisotopic (exact) mass is 138 g/mol. The number of allylic oxidation sites excluding steroid dienone is 3. The molecular weight excluding hydrogens is 128 g/mol. The van der Waals surface area contributed by atoms with Gasteiger partial charge in [0.25, 0.3) is 0 Å². The first-order valence-electron chi connectivity index (χ1n) is 3.21. The van der Waals surface area contributed by atoms with Gasteiger partial charge in [-0.2, -0.15) is 0 Å². The first-order chi connectivity index (χ1) is 4.61. The first-order valence-corrected chi connectivity index (χ1v) is 3.21. The van der Waals surface area contributed by atoms with Crippen molar-refractivity contribution in [1.82, 2.24) is 0 Å². The highest BCUT2D eigenvalue weighted by atomic mass is 16.4. The molecule has 54 valence electrons. The number of carboxylic acid groups (broad SMARTS) is 1. The minimum Gasteiger partial charge on any atom is -0.478 e. The Hall–Kier alpha value is -1.05. The summed E-state index contributed by atoms with van der Waals surface area (Å²) in [6, 6.07) is 0. The first kappa shape index (κ1) is 7.06. The smallest absolute Gasteiger partial charge is 0.332 e. The van der Waals surface area contributed by atoms with Crippen LogP contribution in [-0.2, 0) is 4.79 Å². The van der Waals surface area contributed by atoms with Crippen molar-refractivity contribution < 1.29 is 9.90 Å². The van der Waals surface area contributed by atoms with Gasteiger partial charge in [-0.15, -0.1) is 0 Å². The molecule has 10 heavy (non-hydrogen) atoms. The lowest BCUT2D eigenvalue weighted by Crippen LogP contribution is -1.99. The van der Waals surface area contributed by atoms with Crippen LogP contribution in [-0.4, -0.2) is 11.1 Å². The molecule has 0 radical (unpaired) electrons. The summed E-state index contributed by atoms with van der Waals surface area (Å²) in [7, 11) is 0. The van der Waals surface area contributed by atoms with Crippen LogP contribution in [0.5, 0.6) is 0 Å². The molecule has 0 aromatic heterocycles. The van der Waals surface area contributed by atoms with Crippen LogP contribution in [0, 0.1) is 0 Å². The molecule has 1 rings (SSSR count). The highest BCUT2D eigenvalue weighted by Crippen LogP contribution is 2.24. The lowest BCUT2D eigenvalue weighted by Gasteiger charge is -1.94. The van der Waals surface area contributed by atoms with E-state index in [1.165, 1.54) is 0 Å². The maximum Gasteiger partial charge on any atom is 0.332 e. The molecule has 0 amide bonds. The average molecular weight is 138 g/mol. The number of rotatable bonds is 1. The summed E-state index contributed by atoms with van der Waals surface area (Å²) in [5.74, 6) is -0.786. The van der Waals surface area contributed by atoms with Crippen LogP contribution >= 0.6 is 0 Å². The van der Waals surface area contributed by atoms with E-state index in [-0.39, 0.29) is 0 Å². The van der Waals surface area contributed by atoms with E-state index in [4.69, 9.17) is 5.11 Å². The molecule has 0 aliphatic heterocycles. The summed E-state index contributed by atoms with van der Waals surface area (Å²) in [5.41, 5.74) is 2.57. The quantitative estimate of drug-likeness (QED) is 0.599. The number of carboxylic acids is 1. The third-order valence-electron chi connectivity index (χ3n) is 1.65. The average Bonchev–Trinajstić information content (AvgIpc) is 2.10. The molecule has 0 heterocycles. The van der Waals surface area contributed by atoms with Gasteiger partial charge < -0.3 is 5.11 Å². The Labute approximate surface area is 59.9 Å². The van der Waals surface area contributed by atoms with Crippen LogP contribution in [0.2, 0.25) is 0 Å². The normalized spacial score (nSPS) is 17.6. The van der Waals surface area contributed by atoms with Gasteiger partial charge in [-0.1, -0.05) is 11.6 Å². The predicted octanol–water partition coefficient (Wildman–Crippen LogP) is 1.74. The standard InChI is InChI=1S/C8H10O2/c1-5-3-6(2)7(4-5)8(9)10/h3H,4H2,1-2H3,(H,9,10). The minimum atomic E-state index is -0.786. The largest absolute Gasteiger partial charge is 0.478 e. The van der Waals surface area contributed by atoms with Crippen LogP contribution in [0.15, 0.2) is 22.8 Å². The third kappa shape index (κ3) is 1.10. The summed E-state index contributed by atoms with van der Waals surface area (Å²) in [6.45, 7) is 3.78. The zero-order chi connectivity index (χ0) is 7.72. The lowest BCUT2D eigenvalue weighted by atomic mass is 10.1. The minimum absolute atomic E-state index is 0.539. The highest BCUT2D eigenvalue weighted by molar-refractivity contribution is 5.89. The van der Waals surface area contributed by atoms with Gasteiger partial charge >= 0.3 is 5.97 Å². The van der Waals surface area contributed by atoms with E-state index in [2.05, 4.69) is 0 Å². The van der Waals surface area contributed by atoms with Gasteiger partial charge in [0.15, 0.2) is 0 Å². The Morgan fingerprint density at radius 1 is 1.60 bits per heavy atom. The SMILES string of the molecule is CC1=CC(C)=C(C(=O)O)C1. The van der Waals surface area contributed by atoms with Crippen LogP contribution in [0.25, 0.3) is 0 Å². The Kier molecular flexibility index (Phi) is 1.62. The topological polar surface area (TPSA) is 37.3 Å². The Balaban J connectivity index is 2.86. The molecule has 0 fully saturated rings. The fourth-order valence-corrected chi connectivity index (χ4v) is 1.17. The maximum absolute atomic E-state index is 10.5. The molecule has 2 nitrogen and oxygen atoms in total. The van der Waals surface area contributed by atoms with Gasteiger partial charge in [-0.05, 0) is 19.4 Å². The van der Waals surface area contributed by atoms with Crippen LogP contribution < -0.4 is 0 Å². The van der Waals surface area contributed by atoms with Gasteiger partial charge in [0.05, 0.1) is 0 Å². The fourth-order valence-electron chi connectivity index (χ4n) is 1.17. The van der Waals surface area contributed by atoms with Gasteiger partial charge in [-0.25, -0.2) is 4.79 Å². The second-order valence-electron chi connectivity index (χ2n) is 2.63. The van der Waals surface area contributed by atoms with Crippen molar-refractivity contribution in [2.24, 2.45) is 0 Å². The molecule has 1 aliphatic carbocycles. The van der Waals surface area contributed by atoms with Crippen molar-refractivity contribution in [3.8, 4) is 0 Å².